The Hall–Kier alpha value is -1.06. The molecular weight excluding hydrogens is 242 g/mol. The minimum Gasteiger partial charge on any atom is -0.481 e. The number of amides is 1. The van der Waals surface area contributed by atoms with Crippen LogP contribution in [0.5, 0.6) is 0 Å². The standard InChI is InChI=1S/C15H21NO3/c17-14(16-5-1-2-10(7-16)15(18)19)13-11-8-3-4-9(6-8)12(11)13/h8-13H,1-7H2,(H,18,19)/t8-,9-,10+,11-,12-/m0/s1. The Balaban J connectivity index is 1.43. The molecule has 4 fully saturated rings. The number of hydrogen-bond acceptors (Lipinski definition) is 2. The monoisotopic (exact) mass is 263 g/mol. The molecule has 1 amide bonds. The van der Waals surface area contributed by atoms with Crippen molar-refractivity contribution in [2.75, 3.05) is 13.1 Å². The van der Waals surface area contributed by atoms with Gasteiger partial charge in [-0.25, -0.2) is 0 Å². The Labute approximate surface area is 113 Å². The molecule has 4 heteroatoms. The molecule has 4 rings (SSSR count). The number of carbonyl (C=O) groups excluding carboxylic acids is 1. The SMILES string of the molecule is O=C(O)[C@@H]1CCCN(C(=O)C2[C@H]3[C@H]4CC[C@@H](C4)[C@H]23)C1. The molecule has 19 heavy (non-hydrogen) atoms. The van der Waals surface area contributed by atoms with Gasteiger partial charge in [-0.2, -0.15) is 0 Å². The third kappa shape index (κ3) is 1.65. The maximum Gasteiger partial charge on any atom is 0.308 e. The number of carboxylic acids is 1. The Bertz CT molecular complexity index is 419. The third-order valence-corrected chi connectivity index (χ3v) is 6.10. The molecule has 0 aromatic rings. The van der Waals surface area contributed by atoms with E-state index in [2.05, 4.69) is 0 Å². The first-order valence-corrected chi connectivity index (χ1v) is 7.68. The normalized spacial score (nSPS) is 47.1. The quantitative estimate of drug-likeness (QED) is 0.823. The number of likely N-dealkylation sites (tertiary alicyclic amines) is 1. The Kier molecular flexibility index (Phi) is 2.45. The molecule has 4 nitrogen and oxygen atoms in total. The Morgan fingerprint density at radius 1 is 1.05 bits per heavy atom. The molecular formula is C15H21NO3. The number of nitrogens with zero attached hydrogens (tertiary/aromatic N) is 1. The van der Waals surface area contributed by atoms with Crippen LogP contribution in [0.2, 0.25) is 0 Å². The summed E-state index contributed by atoms with van der Waals surface area (Å²) in [5.41, 5.74) is 0. The van der Waals surface area contributed by atoms with E-state index >= 15 is 0 Å². The van der Waals surface area contributed by atoms with Crippen LogP contribution in [-0.4, -0.2) is 35.0 Å². The van der Waals surface area contributed by atoms with Gasteiger partial charge in [0.1, 0.15) is 0 Å². The van der Waals surface area contributed by atoms with E-state index in [1.807, 2.05) is 4.90 Å². The van der Waals surface area contributed by atoms with E-state index in [1.54, 1.807) is 0 Å². The third-order valence-electron chi connectivity index (χ3n) is 6.10. The average molecular weight is 263 g/mol. The number of carbonyl (C=O) groups is 2. The highest BCUT2D eigenvalue weighted by molar-refractivity contribution is 5.83. The zero-order valence-electron chi connectivity index (χ0n) is 11.1. The second-order valence-corrected chi connectivity index (χ2v) is 6.98. The molecule has 1 saturated heterocycles. The lowest BCUT2D eigenvalue weighted by atomic mass is 9.96. The largest absolute Gasteiger partial charge is 0.481 e. The fraction of sp³-hybridized carbons (Fsp3) is 0.867. The van der Waals surface area contributed by atoms with Gasteiger partial charge in [-0.1, -0.05) is 0 Å². The number of aliphatic carboxylic acids is 1. The van der Waals surface area contributed by atoms with Crippen molar-refractivity contribution in [2.24, 2.45) is 35.5 Å². The molecule has 2 bridgehead atoms. The molecule has 0 aromatic carbocycles. The van der Waals surface area contributed by atoms with Crippen molar-refractivity contribution in [3.63, 3.8) is 0 Å². The fourth-order valence-corrected chi connectivity index (χ4v) is 5.24. The highest BCUT2D eigenvalue weighted by Crippen LogP contribution is 2.69. The van der Waals surface area contributed by atoms with E-state index in [0.717, 1.165) is 31.2 Å². The summed E-state index contributed by atoms with van der Waals surface area (Å²) in [6, 6.07) is 0. The van der Waals surface area contributed by atoms with E-state index in [0.29, 0.717) is 18.4 Å². The topological polar surface area (TPSA) is 57.6 Å². The summed E-state index contributed by atoms with van der Waals surface area (Å²) in [5.74, 6) is 2.40. The van der Waals surface area contributed by atoms with Crippen LogP contribution in [0, 0.1) is 35.5 Å². The predicted molar refractivity (Wildman–Crippen MR) is 68.2 cm³/mol. The predicted octanol–water partition coefficient (Wildman–Crippen LogP) is 1.60. The van der Waals surface area contributed by atoms with Crippen molar-refractivity contribution in [1.29, 1.82) is 0 Å². The van der Waals surface area contributed by atoms with Crippen LogP contribution in [0.15, 0.2) is 0 Å². The van der Waals surface area contributed by atoms with Gasteiger partial charge in [0.15, 0.2) is 0 Å². The number of hydrogen-bond donors (Lipinski definition) is 1. The molecule has 1 aliphatic heterocycles. The summed E-state index contributed by atoms with van der Waals surface area (Å²) in [7, 11) is 0. The first kappa shape index (κ1) is 11.7. The van der Waals surface area contributed by atoms with Gasteiger partial charge in [0.2, 0.25) is 5.91 Å². The number of piperidine rings is 1. The van der Waals surface area contributed by atoms with Crippen LogP contribution in [0.3, 0.4) is 0 Å². The second-order valence-electron chi connectivity index (χ2n) is 6.98. The molecule has 5 atom stereocenters. The Morgan fingerprint density at radius 3 is 2.37 bits per heavy atom. The number of carboxylic acid groups (broad SMARTS) is 1. The van der Waals surface area contributed by atoms with Gasteiger partial charge in [0.05, 0.1) is 5.92 Å². The van der Waals surface area contributed by atoms with Gasteiger partial charge < -0.3 is 10.0 Å². The molecule has 1 heterocycles. The first-order chi connectivity index (χ1) is 9.16. The molecule has 1 N–H and O–H groups in total. The van der Waals surface area contributed by atoms with E-state index < -0.39 is 5.97 Å². The van der Waals surface area contributed by atoms with Gasteiger partial charge in [0, 0.05) is 19.0 Å². The minimum atomic E-state index is -0.742. The first-order valence-electron chi connectivity index (χ1n) is 7.68. The van der Waals surface area contributed by atoms with Crippen molar-refractivity contribution in [3.8, 4) is 0 Å². The fourth-order valence-electron chi connectivity index (χ4n) is 5.24. The maximum atomic E-state index is 12.6. The van der Waals surface area contributed by atoms with Crippen LogP contribution < -0.4 is 0 Å². The molecule has 3 aliphatic carbocycles. The smallest absolute Gasteiger partial charge is 0.308 e. The summed E-state index contributed by atoms with van der Waals surface area (Å²) in [6.45, 7) is 1.22. The molecule has 3 saturated carbocycles. The lowest BCUT2D eigenvalue weighted by molar-refractivity contribution is -0.146. The highest BCUT2D eigenvalue weighted by Gasteiger charge is 2.68. The summed E-state index contributed by atoms with van der Waals surface area (Å²) in [5, 5.41) is 9.11. The number of fused-ring (bicyclic) bond motifs is 5. The van der Waals surface area contributed by atoms with Crippen LogP contribution >= 0.6 is 0 Å². The molecule has 0 unspecified atom stereocenters. The van der Waals surface area contributed by atoms with Gasteiger partial charge in [-0.05, 0) is 55.8 Å². The van der Waals surface area contributed by atoms with Crippen LogP contribution in [0.1, 0.15) is 32.1 Å². The molecule has 0 spiro atoms. The summed E-state index contributed by atoms with van der Waals surface area (Å²) < 4.78 is 0. The Morgan fingerprint density at radius 2 is 1.74 bits per heavy atom. The zero-order valence-corrected chi connectivity index (χ0v) is 11.1. The van der Waals surface area contributed by atoms with Gasteiger partial charge >= 0.3 is 5.97 Å². The van der Waals surface area contributed by atoms with Gasteiger partial charge in [-0.3, -0.25) is 9.59 Å². The maximum absolute atomic E-state index is 12.6. The molecule has 104 valence electrons. The van der Waals surface area contributed by atoms with Crippen molar-refractivity contribution >= 4 is 11.9 Å². The van der Waals surface area contributed by atoms with Crippen LogP contribution in [0.4, 0.5) is 0 Å². The van der Waals surface area contributed by atoms with E-state index in [-0.39, 0.29) is 17.7 Å². The van der Waals surface area contributed by atoms with E-state index in [1.165, 1.54) is 19.3 Å². The van der Waals surface area contributed by atoms with Gasteiger partial charge in [-0.15, -0.1) is 0 Å². The van der Waals surface area contributed by atoms with Gasteiger partial charge in [0.25, 0.3) is 0 Å². The highest BCUT2D eigenvalue weighted by atomic mass is 16.4. The molecule has 0 aromatic heterocycles. The summed E-state index contributed by atoms with van der Waals surface area (Å²) >= 11 is 0. The van der Waals surface area contributed by atoms with Crippen molar-refractivity contribution in [2.45, 2.75) is 32.1 Å². The second kappa shape index (κ2) is 3.97. The van der Waals surface area contributed by atoms with Crippen molar-refractivity contribution in [1.82, 2.24) is 4.90 Å². The van der Waals surface area contributed by atoms with Crippen molar-refractivity contribution in [3.05, 3.63) is 0 Å². The lowest BCUT2D eigenvalue weighted by Gasteiger charge is -2.31. The average Bonchev–Trinajstić information content (AvgIpc) is 2.85. The summed E-state index contributed by atoms with van der Waals surface area (Å²) in [4.78, 5) is 25.5. The minimum absolute atomic E-state index is 0.263. The lowest BCUT2D eigenvalue weighted by Crippen LogP contribution is -2.43. The molecule has 0 radical (unpaired) electrons. The van der Waals surface area contributed by atoms with E-state index in [4.69, 9.17) is 5.11 Å². The zero-order chi connectivity index (χ0) is 13.1. The molecule has 4 aliphatic rings. The van der Waals surface area contributed by atoms with Crippen molar-refractivity contribution < 1.29 is 14.7 Å². The van der Waals surface area contributed by atoms with Crippen LogP contribution in [-0.2, 0) is 9.59 Å². The van der Waals surface area contributed by atoms with Crippen LogP contribution in [0.25, 0.3) is 0 Å². The summed E-state index contributed by atoms with van der Waals surface area (Å²) in [6.07, 6.45) is 5.58. The number of rotatable bonds is 2. The van der Waals surface area contributed by atoms with E-state index in [9.17, 15) is 9.59 Å².